The first-order valence-corrected chi connectivity index (χ1v) is 5.72. The summed E-state index contributed by atoms with van der Waals surface area (Å²) in [5.41, 5.74) is 5.26. The highest BCUT2D eigenvalue weighted by Crippen LogP contribution is 2.27. The summed E-state index contributed by atoms with van der Waals surface area (Å²) < 4.78 is 10.5. The number of carbonyl (C=O) groups excluding carboxylic acids is 1. The molecule has 3 atom stereocenters. The average molecular weight is 230 g/mol. The molecular weight excluding hydrogens is 208 g/mol. The van der Waals surface area contributed by atoms with Crippen LogP contribution in [0.3, 0.4) is 0 Å². The van der Waals surface area contributed by atoms with E-state index in [1.165, 1.54) is 0 Å². The van der Waals surface area contributed by atoms with Gasteiger partial charge in [-0.05, 0) is 20.8 Å². The topological polar surface area (TPSA) is 73.6 Å². The maximum atomic E-state index is 12.0. The molecule has 3 N–H and O–H groups in total. The normalized spacial score (nSPS) is 31.4. The van der Waals surface area contributed by atoms with Gasteiger partial charge in [-0.25, -0.2) is 0 Å². The summed E-state index contributed by atoms with van der Waals surface area (Å²) in [6.07, 6.45) is 0. The highest BCUT2D eigenvalue weighted by molar-refractivity contribution is 5.83. The molecule has 16 heavy (non-hydrogen) atoms. The summed E-state index contributed by atoms with van der Waals surface area (Å²) in [6.45, 7) is 7.70. The predicted molar refractivity (Wildman–Crippen MR) is 61.0 cm³/mol. The summed E-state index contributed by atoms with van der Waals surface area (Å²) in [6, 6.07) is -0.233. The van der Waals surface area contributed by atoms with Gasteiger partial charge in [0.2, 0.25) is 5.91 Å². The number of hydrogen-bond donors (Lipinski definition) is 2. The van der Waals surface area contributed by atoms with Gasteiger partial charge in [-0.2, -0.15) is 0 Å². The minimum atomic E-state index is -0.611. The molecule has 0 aromatic rings. The summed E-state index contributed by atoms with van der Waals surface area (Å²) in [5.74, 6) is -0.0512. The molecule has 0 saturated carbocycles. The predicted octanol–water partition coefficient (Wildman–Crippen LogP) is -0.109. The van der Waals surface area contributed by atoms with Gasteiger partial charge in [0.05, 0.1) is 25.2 Å². The highest BCUT2D eigenvalue weighted by atomic mass is 16.5. The molecule has 0 aliphatic carbocycles. The van der Waals surface area contributed by atoms with E-state index in [1.54, 1.807) is 0 Å². The van der Waals surface area contributed by atoms with E-state index in [9.17, 15) is 4.79 Å². The van der Waals surface area contributed by atoms with Gasteiger partial charge < -0.3 is 20.5 Å². The summed E-state index contributed by atoms with van der Waals surface area (Å²) in [4.78, 5) is 12.0. The fraction of sp³-hybridized carbons (Fsp3) is 0.909. The van der Waals surface area contributed by atoms with Gasteiger partial charge in [0.15, 0.2) is 0 Å². The van der Waals surface area contributed by atoms with Gasteiger partial charge in [0.1, 0.15) is 0 Å². The largest absolute Gasteiger partial charge is 0.380 e. The number of nitrogens with one attached hydrogen (secondary N) is 1. The molecule has 0 aromatic carbocycles. The average Bonchev–Trinajstić information content (AvgIpc) is 2.57. The molecule has 94 valence electrons. The number of carbonyl (C=O) groups is 1. The van der Waals surface area contributed by atoms with Crippen LogP contribution in [0.15, 0.2) is 0 Å². The lowest BCUT2D eigenvalue weighted by Crippen LogP contribution is -2.52. The Kier molecular flexibility index (Phi) is 4.70. The monoisotopic (exact) mass is 230 g/mol. The summed E-state index contributed by atoms with van der Waals surface area (Å²) in [7, 11) is 0. The van der Waals surface area contributed by atoms with E-state index in [-0.39, 0.29) is 18.0 Å². The second-order valence-corrected chi connectivity index (χ2v) is 4.57. The van der Waals surface area contributed by atoms with Crippen molar-refractivity contribution in [2.24, 2.45) is 11.1 Å². The second kappa shape index (κ2) is 5.61. The number of amides is 1. The van der Waals surface area contributed by atoms with Crippen molar-refractivity contribution in [1.82, 2.24) is 5.32 Å². The molecule has 1 rings (SSSR count). The quantitative estimate of drug-likeness (QED) is 0.691. The van der Waals surface area contributed by atoms with Crippen molar-refractivity contribution >= 4 is 5.91 Å². The van der Waals surface area contributed by atoms with Crippen LogP contribution in [0.4, 0.5) is 0 Å². The van der Waals surface area contributed by atoms with Crippen LogP contribution in [-0.4, -0.2) is 44.4 Å². The van der Waals surface area contributed by atoms with Crippen LogP contribution < -0.4 is 11.1 Å². The maximum Gasteiger partial charge on any atom is 0.230 e. The lowest BCUT2D eigenvalue weighted by atomic mass is 9.84. The van der Waals surface area contributed by atoms with Crippen LogP contribution in [0.25, 0.3) is 0 Å². The van der Waals surface area contributed by atoms with E-state index in [4.69, 9.17) is 15.2 Å². The smallest absolute Gasteiger partial charge is 0.230 e. The van der Waals surface area contributed by atoms with E-state index >= 15 is 0 Å². The maximum absolute atomic E-state index is 12.0. The Balaban J connectivity index is 2.45. The molecule has 0 radical (unpaired) electrons. The Labute approximate surface area is 96.7 Å². The summed E-state index contributed by atoms with van der Waals surface area (Å²) in [5, 5.41) is 2.90. The first-order valence-electron chi connectivity index (χ1n) is 5.72. The molecule has 0 aromatic heterocycles. The zero-order valence-electron chi connectivity index (χ0n) is 10.3. The number of nitrogens with two attached hydrogens (primary N) is 1. The third-order valence-corrected chi connectivity index (χ3v) is 2.99. The molecule has 5 heteroatoms. The molecule has 0 bridgehead atoms. The van der Waals surface area contributed by atoms with Crippen molar-refractivity contribution in [2.45, 2.75) is 32.9 Å². The first-order chi connectivity index (χ1) is 7.50. The third-order valence-electron chi connectivity index (χ3n) is 2.99. The lowest BCUT2D eigenvalue weighted by Gasteiger charge is -2.27. The fourth-order valence-electron chi connectivity index (χ4n) is 1.65. The summed E-state index contributed by atoms with van der Waals surface area (Å²) >= 11 is 0. The molecule has 0 spiro atoms. The zero-order valence-corrected chi connectivity index (χ0v) is 10.3. The third kappa shape index (κ3) is 2.93. The minimum Gasteiger partial charge on any atom is -0.380 e. The van der Waals surface area contributed by atoms with Crippen LogP contribution in [0.1, 0.15) is 20.8 Å². The van der Waals surface area contributed by atoms with Crippen molar-refractivity contribution in [1.29, 1.82) is 0 Å². The van der Waals surface area contributed by atoms with Crippen molar-refractivity contribution < 1.29 is 14.3 Å². The molecule has 5 nitrogen and oxygen atoms in total. The van der Waals surface area contributed by atoms with Crippen LogP contribution in [0.2, 0.25) is 0 Å². The van der Waals surface area contributed by atoms with Gasteiger partial charge in [-0.15, -0.1) is 0 Å². The van der Waals surface area contributed by atoms with Gasteiger partial charge in [0, 0.05) is 18.7 Å². The Morgan fingerprint density at radius 3 is 2.94 bits per heavy atom. The van der Waals surface area contributed by atoms with Crippen LogP contribution in [0, 0.1) is 5.41 Å². The molecule has 1 saturated heterocycles. The van der Waals surface area contributed by atoms with Gasteiger partial charge in [-0.1, -0.05) is 0 Å². The SMILES string of the molecule is CCOCC(C)NC(=O)C1(C)COCC1N. The van der Waals surface area contributed by atoms with Crippen molar-refractivity contribution in [3.63, 3.8) is 0 Å². The lowest BCUT2D eigenvalue weighted by molar-refractivity contribution is -0.131. The Hall–Kier alpha value is -0.650. The van der Waals surface area contributed by atoms with E-state index in [0.717, 1.165) is 0 Å². The Bertz CT molecular complexity index is 247. The van der Waals surface area contributed by atoms with Gasteiger partial charge >= 0.3 is 0 Å². The van der Waals surface area contributed by atoms with Crippen molar-refractivity contribution in [2.75, 3.05) is 26.4 Å². The van der Waals surface area contributed by atoms with Crippen molar-refractivity contribution in [3.8, 4) is 0 Å². The molecule has 1 amide bonds. The molecule has 1 heterocycles. The highest BCUT2D eigenvalue weighted by Gasteiger charge is 2.44. The van der Waals surface area contributed by atoms with E-state index < -0.39 is 5.41 Å². The standard InChI is InChI=1S/C11H22N2O3/c1-4-15-5-8(2)13-10(14)11(3)7-16-6-9(11)12/h8-9H,4-7,12H2,1-3H3,(H,13,14). The Morgan fingerprint density at radius 2 is 2.44 bits per heavy atom. The molecule has 1 aliphatic heterocycles. The number of ether oxygens (including phenoxy) is 2. The number of hydrogen-bond acceptors (Lipinski definition) is 4. The molecule has 3 unspecified atom stereocenters. The second-order valence-electron chi connectivity index (χ2n) is 4.57. The van der Waals surface area contributed by atoms with Crippen molar-refractivity contribution in [3.05, 3.63) is 0 Å². The van der Waals surface area contributed by atoms with Gasteiger partial charge in [-0.3, -0.25) is 4.79 Å². The van der Waals surface area contributed by atoms with E-state index in [1.807, 2.05) is 20.8 Å². The Morgan fingerprint density at radius 1 is 1.75 bits per heavy atom. The molecule has 1 fully saturated rings. The fourth-order valence-corrected chi connectivity index (χ4v) is 1.65. The zero-order chi connectivity index (χ0) is 12.2. The van der Waals surface area contributed by atoms with E-state index in [2.05, 4.69) is 5.32 Å². The van der Waals surface area contributed by atoms with Crippen LogP contribution >= 0.6 is 0 Å². The van der Waals surface area contributed by atoms with Gasteiger partial charge in [0.25, 0.3) is 0 Å². The number of rotatable bonds is 5. The first kappa shape index (κ1) is 13.4. The minimum absolute atomic E-state index is 0.00271. The van der Waals surface area contributed by atoms with Crippen LogP contribution in [0.5, 0.6) is 0 Å². The molecule has 1 aliphatic rings. The van der Waals surface area contributed by atoms with E-state index in [0.29, 0.717) is 26.4 Å². The molecular formula is C11H22N2O3. The van der Waals surface area contributed by atoms with Crippen LogP contribution in [-0.2, 0) is 14.3 Å².